The van der Waals surface area contributed by atoms with Crippen molar-refractivity contribution in [2.75, 3.05) is 12.9 Å². The van der Waals surface area contributed by atoms with Crippen LogP contribution in [0.3, 0.4) is 0 Å². The standard InChI is InChI=1S/C26H25N5O2S3/c1-33-18-11-7-10-17(14-18)30-24-22(36-26(30)34)23-28-19-12-5-6-13-20(19)31(23)25(29-24)35-15-21(32)27-16-8-3-2-4-9-16/h5-7,10-14,16H,2-4,8-9,15H2,1H3,(H,27,32). The van der Waals surface area contributed by atoms with Crippen LogP contribution in [0.5, 0.6) is 5.75 Å². The fourth-order valence-electron chi connectivity index (χ4n) is 4.85. The van der Waals surface area contributed by atoms with Crippen molar-refractivity contribution in [1.82, 2.24) is 24.3 Å². The van der Waals surface area contributed by atoms with Gasteiger partial charge in [-0.05, 0) is 49.3 Å². The highest BCUT2D eigenvalue weighted by Gasteiger charge is 2.21. The van der Waals surface area contributed by atoms with Crippen LogP contribution in [0, 0.1) is 3.95 Å². The molecule has 5 aromatic rings. The second-order valence-corrected chi connectivity index (χ2v) is 11.5. The average Bonchev–Trinajstić information content (AvgIpc) is 3.45. The summed E-state index contributed by atoms with van der Waals surface area (Å²) in [6.45, 7) is 0. The number of fused-ring (bicyclic) bond motifs is 5. The molecule has 184 valence electrons. The number of amides is 1. The third-order valence-electron chi connectivity index (χ3n) is 6.56. The van der Waals surface area contributed by atoms with Gasteiger partial charge in [0.1, 0.15) is 10.4 Å². The largest absolute Gasteiger partial charge is 0.497 e. The minimum atomic E-state index is 0.0429. The SMILES string of the molecule is COc1cccc(-n2c(=S)sc3c2nc(SCC(=O)NC2CCCCC2)n2c4ccccc4nc32)c1. The molecule has 1 aliphatic rings. The summed E-state index contributed by atoms with van der Waals surface area (Å²) >= 11 is 8.72. The molecule has 1 amide bonds. The van der Waals surface area contributed by atoms with Gasteiger partial charge in [0, 0.05) is 12.1 Å². The van der Waals surface area contributed by atoms with Crippen LogP contribution in [0.1, 0.15) is 32.1 Å². The van der Waals surface area contributed by atoms with Gasteiger partial charge in [-0.2, -0.15) is 0 Å². The van der Waals surface area contributed by atoms with Crippen molar-refractivity contribution in [2.24, 2.45) is 0 Å². The van der Waals surface area contributed by atoms with E-state index in [1.165, 1.54) is 42.4 Å². The number of thiazole rings is 1. The second-order valence-electron chi connectivity index (χ2n) is 8.90. The molecule has 1 saturated carbocycles. The molecule has 1 aliphatic carbocycles. The molecule has 7 nitrogen and oxygen atoms in total. The number of carbonyl (C=O) groups is 1. The molecule has 0 radical (unpaired) electrons. The molecular formula is C26H25N5O2S3. The number of hydrogen-bond acceptors (Lipinski definition) is 7. The zero-order valence-corrected chi connectivity index (χ0v) is 22.2. The van der Waals surface area contributed by atoms with E-state index in [4.69, 9.17) is 26.9 Å². The highest BCUT2D eigenvalue weighted by molar-refractivity contribution is 7.99. The van der Waals surface area contributed by atoms with E-state index in [2.05, 4.69) is 9.72 Å². The Morgan fingerprint density at radius 3 is 2.81 bits per heavy atom. The van der Waals surface area contributed by atoms with Gasteiger partial charge in [-0.15, -0.1) is 0 Å². The predicted octanol–water partition coefficient (Wildman–Crippen LogP) is 6.17. The zero-order valence-electron chi connectivity index (χ0n) is 19.8. The molecule has 2 aromatic carbocycles. The monoisotopic (exact) mass is 535 g/mol. The van der Waals surface area contributed by atoms with Gasteiger partial charge in [0.05, 0.1) is 29.6 Å². The van der Waals surface area contributed by atoms with Crippen molar-refractivity contribution in [1.29, 1.82) is 0 Å². The molecule has 6 rings (SSSR count). The summed E-state index contributed by atoms with van der Waals surface area (Å²) in [6.07, 6.45) is 5.76. The Labute approximate surface area is 221 Å². The number of para-hydroxylation sites is 2. The number of ether oxygens (including phenoxy) is 1. The summed E-state index contributed by atoms with van der Waals surface area (Å²) in [4.78, 5) is 22.8. The summed E-state index contributed by atoms with van der Waals surface area (Å²) in [7, 11) is 1.65. The molecule has 10 heteroatoms. The van der Waals surface area contributed by atoms with E-state index in [0.717, 1.165) is 56.5 Å². The van der Waals surface area contributed by atoms with Crippen LogP contribution in [0.25, 0.3) is 32.7 Å². The molecule has 0 saturated heterocycles. The first-order valence-electron chi connectivity index (χ1n) is 12.0. The van der Waals surface area contributed by atoms with Gasteiger partial charge in [-0.1, -0.05) is 60.6 Å². The average molecular weight is 536 g/mol. The lowest BCUT2D eigenvalue weighted by Crippen LogP contribution is -2.37. The zero-order chi connectivity index (χ0) is 24.6. The van der Waals surface area contributed by atoms with Crippen molar-refractivity contribution in [3.63, 3.8) is 0 Å². The number of methoxy groups -OCH3 is 1. The number of carbonyl (C=O) groups excluding carboxylic acids is 1. The normalized spacial score (nSPS) is 14.6. The van der Waals surface area contributed by atoms with Gasteiger partial charge >= 0.3 is 0 Å². The Kier molecular flexibility index (Phi) is 6.41. The van der Waals surface area contributed by atoms with Gasteiger partial charge in [-0.3, -0.25) is 13.8 Å². The molecular weight excluding hydrogens is 511 g/mol. The van der Waals surface area contributed by atoms with Gasteiger partial charge in [0.2, 0.25) is 5.91 Å². The highest BCUT2D eigenvalue weighted by atomic mass is 32.2. The minimum Gasteiger partial charge on any atom is -0.497 e. The first kappa shape index (κ1) is 23.4. The Morgan fingerprint density at radius 2 is 1.97 bits per heavy atom. The molecule has 0 bridgehead atoms. The number of benzene rings is 2. The molecule has 3 heterocycles. The van der Waals surface area contributed by atoms with Gasteiger partial charge in [-0.25, -0.2) is 9.97 Å². The lowest BCUT2D eigenvalue weighted by molar-refractivity contribution is -0.119. The van der Waals surface area contributed by atoms with Crippen molar-refractivity contribution in [3.8, 4) is 11.4 Å². The van der Waals surface area contributed by atoms with E-state index in [9.17, 15) is 4.79 Å². The summed E-state index contributed by atoms with van der Waals surface area (Å²) in [5.41, 5.74) is 4.26. The Balaban J connectivity index is 1.46. The maximum Gasteiger partial charge on any atom is 0.230 e. The Morgan fingerprint density at radius 1 is 1.14 bits per heavy atom. The fourth-order valence-corrected chi connectivity index (χ4v) is 7.01. The molecule has 0 spiro atoms. The van der Waals surface area contributed by atoms with Crippen molar-refractivity contribution in [2.45, 2.75) is 43.3 Å². The number of rotatable bonds is 6. The van der Waals surface area contributed by atoms with E-state index in [1.807, 2.05) is 53.1 Å². The second kappa shape index (κ2) is 9.84. The van der Waals surface area contributed by atoms with E-state index >= 15 is 0 Å². The van der Waals surface area contributed by atoms with E-state index in [1.54, 1.807) is 7.11 Å². The van der Waals surface area contributed by atoms with Crippen molar-refractivity contribution in [3.05, 3.63) is 52.5 Å². The number of nitrogens with one attached hydrogen (secondary N) is 1. The van der Waals surface area contributed by atoms with Crippen LogP contribution in [0.2, 0.25) is 0 Å². The van der Waals surface area contributed by atoms with E-state index in [-0.39, 0.29) is 11.9 Å². The number of thioether (sulfide) groups is 1. The molecule has 36 heavy (non-hydrogen) atoms. The van der Waals surface area contributed by atoms with Crippen LogP contribution in [-0.2, 0) is 4.79 Å². The fraction of sp³-hybridized carbons (Fsp3) is 0.308. The van der Waals surface area contributed by atoms with Crippen LogP contribution >= 0.6 is 35.3 Å². The maximum absolute atomic E-state index is 12.8. The van der Waals surface area contributed by atoms with Crippen LogP contribution < -0.4 is 10.1 Å². The van der Waals surface area contributed by atoms with Gasteiger partial charge < -0.3 is 10.1 Å². The summed E-state index contributed by atoms with van der Waals surface area (Å²) in [6, 6.07) is 16.1. The summed E-state index contributed by atoms with van der Waals surface area (Å²) in [5, 5.41) is 3.93. The predicted molar refractivity (Wildman–Crippen MR) is 148 cm³/mol. The quantitative estimate of drug-likeness (QED) is 0.159. The summed E-state index contributed by atoms with van der Waals surface area (Å²) in [5.74, 6) is 1.08. The Hall–Kier alpha value is -2.95. The first-order chi connectivity index (χ1) is 17.6. The molecule has 0 aliphatic heterocycles. The van der Waals surface area contributed by atoms with Crippen LogP contribution in [0.15, 0.2) is 53.7 Å². The topological polar surface area (TPSA) is 73.5 Å². The smallest absolute Gasteiger partial charge is 0.230 e. The van der Waals surface area contributed by atoms with E-state index < -0.39 is 0 Å². The molecule has 0 unspecified atom stereocenters. The highest BCUT2D eigenvalue weighted by Crippen LogP contribution is 2.34. The number of imidazole rings is 1. The van der Waals surface area contributed by atoms with Crippen LogP contribution in [0.4, 0.5) is 0 Å². The van der Waals surface area contributed by atoms with Crippen molar-refractivity contribution >= 4 is 68.3 Å². The Bertz CT molecular complexity index is 1650. The van der Waals surface area contributed by atoms with Crippen LogP contribution in [-0.4, -0.2) is 43.7 Å². The van der Waals surface area contributed by atoms with E-state index in [0.29, 0.717) is 9.71 Å². The molecule has 1 N–H and O–H groups in total. The number of aromatic nitrogens is 4. The van der Waals surface area contributed by atoms with Crippen molar-refractivity contribution < 1.29 is 9.53 Å². The first-order valence-corrected chi connectivity index (χ1v) is 14.2. The lowest BCUT2D eigenvalue weighted by atomic mass is 9.95. The molecule has 0 atom stereocenters. The van der Waals surface area contributed by atoms with Gasteiger partial charge in [0.15, 0.2) is 20.4 Å². The van der Waals surface area contributed by atoms with Gasteiger partial charge in [0.25, 0.3) is 0 Å². The third-order valence-corrected chi connectivity index (χ3v) is 8.86. The minimum absolute atomic E-state index is 0.0429. The maximum atomic E-state index is 12.8. The molecule has 3 aromatic heterocycles. The summed E-state index contributed by atoms with van der Waals surface area (Å²) < 4.78 is 11.0. The number of hydrogen-bond donors (Lipinski definition) is 1. The molecule has 1 fully saturated rings. The number of nitrogens with zero attached hydrogens (tertiary/aromatic N) is 4. The lowest BCUT2D eigenvalue weighted by Gasteiger charge is -2.22. The third kappa shape index (κ3) is 4.27.